The van der Waals surface area contributed by atoms with E-state index in [9.17, 15) is 9.59 Å². The summed E-state index contributed by atoms with van der Waals surface area (Å²) >= 11 is 12.4. The van der Waals surface area contributed by atoms with Gasteiger partial charge >= 0.3 is 0 Å². The minimum absolute atomic E-state index is 0.130. The normalized spacial score (nSPS) is 10.3. The highest BCUT2D eigenvalue weighted by Gasteiger charge is 2.19. The van der Waals surface area contributed by atoms with E-state index in [0.29, 0.717) is 22.7 Å². The van der Waals surface area contributed by atoms with Crippen molar-refractivity contribution in [3.8, 4) is 11.5 Å². The smallest absolute Gasteiger partial charge is 0.257 e. The number of ether oxygens (including phenoxy) is 2. The van der Waals surface area contributed by atoms with Crippen molar-refractivity contribution in [1.29, 1.82) is 0 Å². The average Bonchev–Trinajstić information content (AvgIpc) is 2.75. The van der Waals surface area contributed by atoms with Gasteiger partial charge in [-0.25, -0.2) is 0 Å². The summed E-state index contributed by atoms with van der Waals surface area (Å²) in [4.78, 5) is 25.5. The third-order valence-corrected chi connectivity index (χ3v) is 4.75. The summed E-state index contributed by atoms with van der Waals surface area (Å²) in [5, 5.41) is 5.86. The first kappa shape index (κ1) is 21.5. The van der Waals surface area contributed by atoms with Crippen molar-refractivity contribution in [2.45, 2.75) is 0 Å². The molecule has 3 rings (SSSR count). The first-order valence-electron chi connectivity index (χ1n) is 8.81. The zero-order chi connectivity index (χ0) is 21.7. The SMILES string of the molecule is COc1ccc(NC(=O)c2cc(Cl)cc(Cl)c2NC(=O)c2ccc(OC)cc2)cc1. The van der Waals surface area contributed by atoms with Crippen molar-refractivity contribution in [2.24, 2.45) is 0 Å². The average molecular weight is 445 g/mol. The Balaban J connectivity index is 1.86. The Bertz CT molecular complexity index is 1070. The molecule has 2 N–H and O–H groups in total. The molecule has 0 radical (unpaired) electrons. The van der Waals surface area contributed by atoms with Gasteiger partial charge in [0, 0.05) is 16.3 Å². The van der Waals surface area contributed by atoms with Crippen molar-refractivity contribution in [3.63, 3.8) is 0 Å². The summed E-state index contributed by atoms with van der Waals surface area (Å²) in [5.74, 6) is 0.372. The quantitative estimate of drug-likeness (QED) is 0.524. The summed E-state index contributed by atoms with van der Waals surface area (Å²) in [6.07, 6.45) is 0. The number of anilines is 2. The first-order chi connectivity index (χ1) is 14.4. The number of carbonyl (C=O) groups excluding carboxylic acids is 2. The molecule has 0 heterocycles. The zero-order valence-corrected chi connectivity index (χ0v) is 17.7. The maximum absolute atomic E-state index is 12.9. The summed E-state index contributed by atoms with van der Waals surface area (Å²) < 4.78 is 10.2. The molecule has 154 valence electrons. The Hall–Kier alpha value is -3.22. The van der Waals surface area contributed by atoms with E-state index >= 15 is 0 Å². The highest BCUT2D eigenvalue weighted by molar-refractivity contribution is 6.38. The maximum atomic E-state index is 12.9. The van der Waals surface area contributed by atoms with Crippen LogP contribution in [0.5, 0.6) is 11.5 Å². The largest absolute Gasteiger partial charge is 0.497 e. The molecular formula is C22H18Cl2N2O4. The maximum Gasteiger partial charge on any atom is 0.257 e. The van der Waals surface area contributed by atoms with Gasteiger partial charge in [0.2, 0.25) is 0 Å². The third kappa shape index (κ3) is 5.03. The van der Waals surface area contributed by atoms with Crippen molar-refractivity contribution >= 4 is 46.4 Å². The lowest BCUT2D eigenvalue weighted by Crippen LogP contribution is -2.18. The van der Waals surface area contributed by atoms with Gasteiger partial charge in [-0.2, -0.15) is 0 Å². The van der Waals surface area contributed by atoms with Crippen LogP contribution in [-0.2, 0) is 0 Å². The summed E-state index contributed by atoms with van der Waals surface area (Å²) in [6.45, 7) is 0. The van der Waals surface area contributed by atoms with E-state index in [1.165, 1.54) is 19.2 Å². The van der Waals surface area contributed by atoms with E-state index in [4.69, 9.17) is 32.7 Å². The van der Waals surface area contributed by atoms with Crippen molar-refractivity contribution in [3.05, 3.63) is 81.8 Å². The molecule has 8 heteroatoms. The van der Waals surface area contributed by atoms with E-state index in [0.717, 1.165) is 0 Å². The molecule has 2 amide bonds. The van der Waals surface area contributed by atoms with Crippen LogP contribution in [0.3, 0.4) is 0 Å². The molecule has 6 nitrogen and oxygen atoms in total. The number of benzene rings is 3. The van der Waals surface area contributed by atoms with Gasteiger partial charge in [0.15, 0.2) is 0 Å². The summed E-state index contributed by atoms with van der Waals surface area (Å²) in [7, 11) is 3.09. The monoisotopic (exact) mass is 444 g/mol. The van der Waals surface area contributed by atoms with Gasteiger partial charge in [-0.3, -0.25) is 9.59 Å². The van der Waals surface area contributed by atoms with Gasteiger partial charge in [0.1, 0.15) is 11.5 Å². The van der Waals surface area contributed by atoms with Crippen LogP contribution >= 0.6 is 23.2 Å². The van der Waals surface area contributed by atoms with Crippen LogP contribution in [0.15, 0.2) is 60.7 Å². The Labute approximate surface area is 183 Å². The fourth-order valence-corrected chi connectivity index (χ4v) is 3.22. The Morgan fingerprint density at radius 2 is 1.33 bits per heavy atom. The molecule has 0 bridgehead atoms. The number of carbonyl (C=O) groups is 2. The van der Waals surface area contributed by atoms with Crippen LogP contribution in [0.1, 0.15) is 20.7 Å². The molecule has 30 heavy (non-hydrogen) atoms. The highest BCUT2D eigenvalue weighted by Crippen LogP contribution is 2.31. The number of halogens is 2. The van der Waals surface area contributed by atoms with Crippen LogP contribution in [-0.4, -0.2) is 26.0 Å². The standard InChI is InChI=1S/C22H18Cl2N2O4/c1-29-16-7-3-13(4-8-16)21(27)26-20-18(11-14(23)12-19(20)24)22(28)25-15-5-9-17(30-2)10-6-15/h3-12H,1-2H3,(H,25,28)(H,26,27). The molecule has 0 fully saturated rings. The molecule has 0 aliphatic rings. The molecule has 0 aromatic heterocycles. The second-order valence-electron chi connectivity index (χ2n) is 6.18. The van der Waals surface area contributed by atoms with Crippen molar-refractivity contribution in [2.75, 3.05) is 24.9 Å². The molecule has 0 unspecified atom stereocenters. The molecule has 0 spiro atoms. The fourth-order valence-electron chi connectivity index (χ4n) is 2.68. The van der Waals surface area contributed by atoms with Gasteiger partial charge < -0.3 is 20.1 Å². The molecule has 0 aliphatic heterocycles. The van der Waals surface area contributed by atoms with E-state index in [2.05, 4.69) is 10.6 Å². The van der Waals surface area contributed by atoms with E-state index < -0.39 is 11.8 Å². The van der Waals surface area contributed by atoms with Gasteiger partial charge in [0.05, 0.1) is 30.5 Å². The number of hydrogen-bond donors (Lipinski definition) is 2. The van der Waals surface area contributed by atoms with Gasteiger partial charge in [0.25, 0.3) is 11.8 Å². The van der Waals surface area contributed by atoms with Crippen LogP contribution in [0.4, 0.5) is 11.4 Å². The number of rotatable bonds is 6. The van der Waals surface area contributed by atoms with Gasteiger partial charge in [-0.15, -0.1) is 0 Å². The predicted molar refractivity (Wildman–Crippen MR) is 118 cm³/mol. The van der Waals surface area contributed by atoms with Crippen LogP contribution in [0.25, 0.3) is 0 Å². The number of methoxy groups -OCH3 is 2. The predicted octanol–water partition coefficient (Wildman–Crippen LogP) is 5.52. The number of amides is 2. The lowest BCUT2D eigenvalue weighted by atomic mass is 10.1. The van der Waals surface area contributed by atoms with Crippen LogP contribution in [0, 0.1) is 0 Å². The highest BCUT2D eigenvalue weighted by atomic mass is 35.5. The van der Waals surface area contributed by atoms with Crippen molar-refractivity contribution < 1.29 is 19.1 Å². The lowest BCUT2D eigenvalue weighted by Gasteiger charge is -2.14. The Kier molecular flexibility index (Phi) is 6.82. The molecule has 3 aromatic rings. The lowest BCUT2D eigenvalue weighted by molar-refractivity contribution is 0.102. The van der Waals surface area contributed by atoms with Gasteiger partial charge in [-0.1, -0.05) is 23.2 Å². The van der Waals surface area contributed by atoms with E-state index in [1.54, 1.807) is 55.6 Å². The van der Waals surface area contributed by atoms with Crippen LogP contribution < -0.4 is 20.1 Å². The van der Waals surface area contributed by atoms with E-state index in [1.807, 2.05) is 0 Å². The molecule has 3 aromatic carbocycles. The fraction of sp³-hybridized carbons (Fsp3) is 0.0909. The molecule has 0 atom stereocenters. The summed E-state index contributed by atoms with van der Waals surface area (Å²) in [5.41, 5.74) is 1.21. The minimum Gasteiger partial charge on any atom is -0.497 e. The number of nitrogens with one attached hydrogen (secondary N) is 2. The Morgan fingerprint density at radius 1 is 0.767 bits per heavy atom. The molecule has 0 aliphatic carbocycles. The Morgan fingerprint density at radius 3 is 1.90 bits per heavy atom. The van der Waals surface area contributed by atoms with Crippen LogP contribution in [0.2, 0.25) is 10.0 Å². The van der Waals surface area contributed by atoms with E-state index in [-0.39, 0.29) is 21.3 Å². The second kappa shape index (κ2) is 9.52. The number of hydrogen-bond acceptors (Lipinski definition) is 4. The zero-order valence-electron chi connectivity index (χ0n) is 16.2. The van der Waals surface area contributed by atoms with Gasteiger partial charge in [-0.05, 0) is 60.7 Å². The molecular weight excluding hydrogens is 427 g/mol. The second-order valence-corrected chi connectivity index (χ2v) is 7.02. The molecule has 0 saturated carbocycles. The minimum atomic E-state index is -0.477. The third-order valence-electron chi connectivity index (χ3n) is 4.24. The first-order valence-corrected chi connectivity index (χ1v) is 9.56. The topological polar surface area (TPSA) is 76.7 Å². The van der Waals surface area contributed by atoms with Crippen molar-refractivity contribution in [1.82, 2.24) is 0 Å². The molecule has 0 saturated heterocycles. The summed E-state index contributed by atoms with van der Waals surface area (Å²) in [6, 6.07) is 16.2.